The first-order valence-corrected chi connectivity index (χ1v) is 12.6. The highest BCUT2D eigenvalue weighted by Gasteiger charge is 2.21. The van der Waals surface area contributed by atoms with Crippen LogP contribution in [0, 0.1) is 24.4 Å². The average Bonchev–Trinajstić information content (AvgIpc) is 3.29. The molecule has 8 nitrogen and oxygen atoms in total. The van der Waals surface area contributed by atoms with Crippen molar-refractivity contribution in [1.82, 2.24) is 19.5 Å². The average molecular weight is 563 g/mol. The number of nitrogens with zero attached hydrogens (tertiary/aromatic N) is 4. The summed E-state index contributed by atoms with van der Waals surface area (Å²) in [6.07, 6.45) is 2.53. The summed E-state index contributed by atoms with van der Waals surface area (Å²) < 4.78 is 57.7. The van der Waals surface area contributed by atoms with Crippen molar-refractivity contribution in [2.45, 2.75) is 26.5 Å². The van der Waals surface area contributed by atoms with Crippen LogP contribution in [0.5, 0.6) is 5.88 Å². The van der Waals surface area contributed by atoms with E-state index in [0.29, 0.717) is 29.0 Å². The standard InChI is InChI=1S/C30H25F3N4O4/c1-17-3-4-19(22(31)11-17)16-41-29-28(34-7-8-35-29)20-12-23(32)21(24(33)13-20)15-27-36-25-6-5-18(30(38)39)14-26(25)37(27)9-10-40-2/h3-8,11-14H,9-10,15-16H2,1-2H3,(H,38,39). The van der Waals surface area contributed by atoms with Gasteiger partial charge in [-0.15, -0.1) is 0 Å². The number of imidazole rings is 1. The minimum absolute atomic E-state index is 0.00498. The van der Waals surface area contributed by atoms with Gasteiger partial charge in [-0.05, 0) is 48.9 Å². The molecule has 0 spiro atoms. The Labute approximate surface area is 233 Å². The van der Waals surface area contributed by atoms with Crippen molar-refractivity contribution in [3.05, 3.63) is 106 Å². The molecule has 5 rings (SSSR count). The number of methoxy groups -OCH3 is 1. The summed E-state index contributed by atoms with van der Waals surface area (Å²) in [5, 5.41) is 9.39. The number of benzene rings is 3. The number of halogens is 3. The predicted molar refractivity (Wildman–Crippen MR) is 144 cm³/mol. The number of hydrogen-bond acceptors (Lipinski definition) is 6. The zero-order valence-electron chi connectivity index (χ0n) is 22.2. The van der Waals surface area contributed by atoms with E-state index in [4.69, 9.17) is 9.47 Å². The van der Waals surface area contributed by atoms with Crippen molar-refractivity contribution in [2.75, 3.05) is 13.7 Å². The van der Waals surface area contributed by atoms with Crippen LogP contribution in [-0.4, -0.2) is 44.3 Å². The van der Waals surface area contributed by atoms with E-state index in [0.717, 1.165) is 17.7 Å². The molecule has 0 saturated heterocycles. The van der Waals surface area contributed by atoms with Crippen LogP contribution in [0.1, 0.15) is 32.9 Å². The molecule has 0 aliphatic heterocycles. The number of aromatic carboxylic acids is 1. The molecule has 2 aromatic heterocycles. The number of carboxylic acids is 1. The second kappa shape index (κ2) is 11.8. The molecule has 210 valence electrons. The van der Waals surface area contributed by atoms with Gasteiger partial charge in [0.1, 0.15) is 35.6 Å². The van der Waals surface area contributed by atoms with E-state index in [1.54, 1.807) is 29.7 Å². The van der Waals surface area contributed by atoms with Crippen LogP contribution in [0.25, 0.3) is 22.3 Å². The van der Waals surface area contributed by atoms with Gasteiger partial charge < -0.3 is 19.1 Å². The van der Waals surface area contributed by atoms with E-state index >= 15 is 8.78 Å². The van der Waals surface area contributed by atoms with E-state index in [1.165, 1.54) is 37.7 Å². The van der Waals surface area contributed by atoms with Crippen molar-refractivity contribution in [3.8, 4) is 17.1 Å². The van der Waals surface area contributed by atoms with Crippen molar-refractivity contribution in [3.63, 3.8) is 0 Å². The van der Waals surface area contributed by atoms with Crippen molar-refractivity contribution < 1.29 is 32.5 Å². The summed E-state index contributed by atoms with van der Waals surface area (Å²) in [4.78, 5) is 24.3. The molecule has 0 fully saturated rings. The molecule has 1 N–H and O–H groups in total. The lowest BCUT2D eigenvalue weighted by Gasteiger charge is -2.13. The summed E-state index contributed by atoms with van der Waals surface area (Å²) in [5.74, 6) is -2.87. The molecule has 0 saturated carbocycles. The highest BCUT2D eigenvalue weighted by molar-refractivity contribution is 5.92. The summed E-state index contributed by atoms with van der Waals surface area (Å²) >= 11 is 0. The summed E-state index contributed by atoms with van der Waals surface area (Å²) in [6.45, 7) is 2.20. The third kappa shape index (κ3) is 5.90. The molecule has 0 bridgehead atoms. The Morgan fingerprint density at radius 3 is 2.44 bits per heavy atom. The van der Waals surface area contributed by atoms with Gasteiger partial charge in [0.25, 0.3) is 0 Å². The monoisotopic (exact) mass is 562 g/mol. The number of aryl methyl sites for hydroxylation is 1. The van der Waals surface area contributed by atoms with E-state index in [1.807, 2.05) is 0 Å². The number of fused-ring (bicyclic) bond motifs is 1. The van der Waals surface area contributed by atoms with Crippen LogP contribution < -0.4 is 4.74 Å². The maximum Gasteiger partial charge on any atom is 0.335 e. The topological polar surface area (TPSA) is 99.4 Å². The van der Waals surface area contributed by atoms with Crippen LogP contribution in [0.4, 0.5) is 13.2 Å². The van der Waals surface area contributed by atoms with E-state index < -0.39 is 23.4 Å². The fourth-order valence-corrected chi connectivity index (χ4v) is 4.48. The molecule has 0 atom stereocenters. The van der Waals surface area contributed by atoms with Gasteiger partial charge in [0.05, 0.1) is 23.2 Å². The van der Waals surface area contributed by atoms with Crippen molar-refractivity contribution in [1.29, 1.82) is 0 Å². The number of rotatable bonds is 10. The number of carbonyl (C=O) groups is 1. The van der Waals surface area contributed by atoms with Gasteiger partial charge in [0.2, 0.25) is 5.88 Å². The lowest BCUT2D eigenvalue weighted by molar-refractivity contribution is 0.0697. The number of ether oxygens (including phenoxy) is 2. The van der Waals surface area contributed by atoms with Crippen molar-refractivity contribution in [2.24, 2.45) is 0 Å². The Hall–Kier alpha value is -4.77. The quantitative estimate of drug-likeness (QED) is 0.232. The van der Waals surface area contributed by atoms with E-state index in [-0.39, 0.29) is 47.9 Å². The molecule has 2 heterocycles. The van der Waals surface area contributed by atoms with Gasteiger partial charge in [0, 0.05) is 49.2 Å². The number of hydrogen-bond donors (Lipinski definition) is 1. The zero-order valence-corrected chi connectivity index (χ0v) is 22.2. The van der Waals surface area contributed by atoms with Crippen LogP contribution >= 0.6 is 0 Å². The molecular formula is C30H25F3N4O4. The summed E-state index contributed by atoms with van der Waals surface area (Å²) in [5.41, 5.74) is 2.09. The van der Waals surface area contributed by atoms with Gasteiger partial charge >= 0.3 is 5.97 Å². The lowest BCUT2D eigenvalue weighted by Crippen LogP contribution is -2.11. The normalized spacial score (nSPS) is 11.2. The predicted octanol–water partition coefficient (Wildman–Crippen LogP) is 5.73. The molecule has 41 heavy (non-hydrogen) atoms. The molecular weight excluding hydrogens is 537 g/mol. The lowest BCUT2D eigenvalue weighted by atomic mass is 10.0. The molecule has 11 heteroatoms. The smallest absolute Gasteiger partial charge is 0.335 e. The Kier molecular flexibility index (Phi) is 7.97. The molecule has 5 aromatic rings. The maximum atomic E-state index is 15.4. The van der Waals surface area contributed by atoms with Gasteiger partial charge in [-0.2, -0.15) is 0 Å². The van der Waals surface area contributed by atoms with Gasteiger partial charge in [0.15, 0.2) is 0 Å². The van der Waals surface area contributed by atoms with Crippen LogP contribution in [-0.2, 0) is 24.3 Å². The highest BCUT2D eigenvalue weighted by Crippen LogP contribution is 2.31. The molecule has 0 radical (unpaired) electrons. The van der Waals surface area contributed by atoms with E-state index in [2.05, 4.69) is 15.0 Å². The van der Waals surface area contributed by atoms with Crippen LogP contribution in [0.2, 0.25) is 0 Å². The van der Waals surface area contributed by atoms with E-state index in [9.17, 15) is 14.3 Å². The maximum absolute atomic E-state index is 15.4. The van der Waals surface area contributed by atoms with Gasteiger partial charge in [-0.25, -0.2) is 32.9 Å². The Bertz CT molecular complexity index is 1730. The van der Waals surface area contributed by atoms with Crippen LogP contribution in [0.15, 0.2) is 60.9 Å². The number of aromatic nitrogens is 4. The Morgan fingerprint density at radius 2 is 1.73 bits per heavy atom. The third-order valence-corrected chi connectivity index (χ3v) is 6.58. The van der Waals surface area contributed by atoms with Gasteiger partial charge in [-0.1, -0.05) is 12.1 Å². The second-order valence-corrected chi connectivity index (χ2v) is 9.37. The fraction of sp³-hybridized carbons (Fsp3) is 0.200. The van der Waals surface area contributed by atoms with Crippen LogP contribution in [0.3, 0.4) is 0 Å². The van der Waals surface area contributed by atoms with Gasteiger partial charge in [-0.3, -0.25) is 0 Å². The first-order valence-electron chi connectivity index (χ1n) is 12.6. The zero-order chi connectivity index (χ0) is 29.1. The Balaban J connectivity index is 1.46. The summed E-state index contributed by atoms with van der Waals surface area (Å²) in [7, 11) is 1.52. The minimum atomic E-state index is -1.10. The SMILES string of the molecule is COCCn1c(Cc2c(F)cc(-c3nccnc3OCc3ccc(C)cc3F)cc2F)nc2ccc(C(=O)O)cc21. The first-order chi connectivity index (χ1) is 19.7. The van der Waals surface area contributed by atoms with Crippen molar-refractivity contribution >= 4 is 17.0 Å². The first kappa shape index (κ1) is 27.8. The largest absolute Gasteiger partial charge is 0.478 e. The minimum Gasteiger partial charge on any atom is -0.478 e. The molecule has 0 unspecified atom stereocenters. The molecule has 0 aliphatic rings. The molecule has 0 aliphatic carbocycles. The fourth-order valence-electron chi connectivity index (χ4n) is 4.48. The second-order valence-electron chi connectivity index (χ2n) is 9.37. The Morgan fingerprint density at radius 1 is 0.976 bits per heavy atom. The molecule has 0 amide bonds. The highest BCUT2D eigenvalue weighted by atomic mass is 19.1. The molecule has 3 aromatic carbocycles. The summed E-state index contributed by atoms with van der Waals surface area (Å²) in [6, 6.07) is 11.4. The number of carboxylic acid groups (broad SMARTS) is 1. The third-order valence-electron chi connectivity index (χ3n) is 6.58.